The van der Waals surface area contributed by atoms with Gasteiger partial charge in [0.05, 0.1) is 36.6 Å². The molecule has 31 heavy (non-hydrogen) atoms. The molecule has 1 fully saturated rings. The molecule has 0 spiro atoms. The molecule has 2 atom stereocenters. The molecule has 9 heteroatoms. The largest absolute Gasteiger partial charge is 0.492 e. The summed E-state index contributed by atoms with van der Waals surface area (Å²) in [7, 11) is 0. The predicted octanol–water partition coefficient (Wildman–Crippen LogP) is 2.68. The predicted molar refractivity (Wildman–Crippen MR) is 117 cm³/mol. The highest BCUT2D eigenvalue weighted by Crippen LogP contribution is 2.26. The molecule has 0 unspecified atom stereocenters. The van der Waals surface area contributed by atoms with Crippen LogP contribution >= 0.6 is 11.6 Å². The molecule has 0 aliphatic carbocycles. The molecule has 4 rings (SSSR count). The lowest BCUT2D eigenvalue weighted by atomic mass is 10.1. The smallest absolute Gasteiger partial charge is 0.251 e. The van der Waals surface area contributed by atoms with Gasteiger partial charge in [0.2, 0.25) is 0 Å². The zero-order valence-corrected chi connectivity index (χ0v) is 18.6. The number of ether oxygens (including phenoxy) is 2. The number of hydrogen-bond acceptors (Lipinski definition) is 6. The van der Waals surface area contributed by atoms with Gasteiger partial charge in [-0.1, -0.05) is 28.5 Å². The highest BCUT2D eigenvalue weighted by Gasteiger charge is 2.34. The Hall–Kier alpha value is -2.42. The van der Waals surface area contributed by atoms with Crippen molar-refractivity contribution in [1.82, 2.24) is 25.2 Å². The van der Waals surface area contributed by atoms with E-state index in [-0.39, 0.29) is 18.1 Å². The summed E-state index contributed by atoms with van der Waals surface area (Å²) in [5, 5.41) is 12.0. The first-order valence-corrected chi connectivity index (χ1v) is 11.0. The van der Waals surface area contributed by atoms with Crippen LogP contribution in [-0.4, -0.2) is 64.2 Å². The molecule has 1 amide bonds. The lowest BCUT2D eigenvalue weighted by Crippen LogP contribution is -2.44. The van der Waals surface area contributed by atoms with Gasteiger partial charge < -0.3 is 14.8 Å². The lowest BCUT2D eigenvalue weighted by Gasteiger charge is -2.20. The topological polar surface area (TPSA) is 81.5 Å². The second-order valence-corrected chi connectivity index (χ2v) is 8.66. The summed E-state index contributed by atoms with van der Waals surface area (Å²) in [6.45, 7) is 7.92. The van der Waals surface area contributed by atoms with Crippen LogP contribution in [0.3, 0.4) is 0 Å². The van der Waals surface area contributed by atoms with Gasteiger partial charge in [0, 0.05) is 38.2 Å². The molecule has 2 aliphatic heterocycles. The van der Waals surface area contributed by atoms with Gasteiger partial charge >= 0.3 is 0 Å². The number of likely N-dealkylation sites (tertiary alicyclic amines) is 1. The summed E-state index contributed by atoms with van der Waals surface area (Å²) < 4.78 is 13.8. The van der Waals surface area contributed by atoms with Crippen LogP contribution in [0.2, 0.25) is 5.02 Å². The first kappa shape index (κ1) is 21.8. The number of amides is 1. The summed E-state index contributed by atoms with van der Waals surface area (Å²) in [5.41, 5.74) is 2.56. The van der Waals surface area contributed by atoms with Gasteiger partial charge in [-0.3, -0.25) is 14.4 Å². The van der Waals surface area contributed by atoms with Crippen molar-refractivity contribution in [1.29, 1.82) is 0 Å². The number of hydrogen-bond donors (Lipinski definition) is 1. The Morgan fingerprint density at radius 3 is 3.06 bits per heavy atom. The van der Waals surface area contributed by atoms with E-state index in [2.05, 4.69) is 40.5 Å². The zero-order chi connectivity index (χ0) is 21.8. The Labute approximate surface area is 187 Å². The van der Waals surface area contributed by atoms with E-state index in [1.807, 2.05) is 6.20 Å². The van der Waals surface area contributed by atoms with Crippen molar-refractivity contribution in [2.24, 2.45) is 0 Å². The first-order valence-electron chi connectivity index (χ1n) is 10.6. The third kappa shape index (κ3) is 5.64. The number of carbonyl (C=O) groups excluding carboxylic acids is 1. The van der Waals surface area contributed by atoms with Crippen molar-refractivity contribution in [2.45, 2.75) is 45.6 Å². The second kappa shape index (κ2) is 9.80. The number of halogens is 1. The molecular formula is C22H28ClN5O3. The minimum Gasteiger partial charge on any atom is -0.492 e. The molecule has 3 heterocycles. The van der Waals surface area contributed by atoms with E-state index in [1.165, 1.54) is 5.57 Å². The fourth-order valence-corrected chi connectivity index (χ4v) is 3.91. The summed E-state index contributed by atoms with van der Waals surface area (Å²) in [6, 6.07) is 4.97. The van der Waals surface area contributed by atoms with E-state index in [0.717, 1.165) is 25.2 Å². The fraction of sp³-hybridized carbons (Fsp3) is 0.500. The Balaban J connectivity index is 1.56. The Bertz CT molecular complexity index is 956. The third-order valence-electron chi connectivity index (χ3n) is 5.43. The number of nitrogens with zero attached hydrogens (tertiary/aromatic N) is 4. The highest BCUT2D eigenvalue weighted by molar-refractivity contribution is 6.32. The minimum atomic E-state index is -0.165. The average molecular weight is 446 g/mol. The van der Waals surface area contributed by atoms with Crippen molar-refractivity contribution < 1.29 is 14.3 Å². The molecule has 0 radical (unpaired) electrons. The van der Waals surface area contributed by atoms with E-state index in [9.17, 15) is 4.79 Å². The van der Waals surface area contributed by atoms with Gasteiger partial charge in [-0.05, 0) is 32.0 Å². The molecule has 2 aromatic rings. The van der Waals surface area contributed by atoms with Crippen molar-refractivity contribution in [3.05, 3.63) is 52.3 Å². The summed E-state index contributed by atoms with van der Waals surface area (Å²) in [4.78, 5) is 15.3. The number of aromatic nitrogens is 3. The van der Waals surface area contributed by atoms with E-state index >= 15 is 0 Å². The number of carbonyl (C=O) groups is 1. The number of allylic oxidation sites excluding steroid dienone is 1. The monoisotopic (exact) mass is 445 g/mol. The van der Waals surface area contributed by atoms with E-state index in [4.69, 9.17) is 21.1 Å². The molecule has 0 saturated carbocycles. The maximum atomic E-state index is 13.0. The standard InChI is InChI=1S/C22H28ClN5O3/c1-15(2)6-8-27-12-19-21(13-27)31-14-17-11-28(26-25-17)7-3-9-30-20-10-16(22(29)24-19)4-5-18(20)23/h4-6,10-11,19,21H,3,7-9,12-14H2,1-2H3,(H,24,29)/t19-,21-/m0/s1. The van der Waals surface area contributed by atoms with Crippen LogP contribution in [0.25, 0.3) is 0 Å². The second-order valence-electron chi connectivity index (χ2n) is 8.25. The van der Waals surface area contributed by atoms with Gasteiger partial charge in [0.15, 0.2) is 0 Å². The number of fused-ring (bicyclic) bond motifs is 5. The van der Waals surface area contributed by atoms with Crippen molar-refractivity contribution >= 4 is 17.5 Å². The van der Waals surface area contributed by atoms with Gasteiger partial charge in [-0.25, -0.2) is 0 Å². The maximum absolute atomic E-state index is 13.0. The fourth-order valence-electron chi connectivity index (χ4n) is 3.74. The summed E-state index contributed by atoms with van der Waals surface area (Å²) in [6.07, 6.45) is 4.67. The first-order chi connectivity index (χ1) is 15.0. The van der Waals surface area contributed by atoms with Crippen LogP contribution in [-0.2, 0) is 17.9 Å². The van der Waals surface area contributed by atoms with Crippen LogP contribution < -0.4 is 10.1 Å². The van der Waals surface area contributed by atoms with E-state index in [1.54, 1.807) is 22.9 Å². The molecule has 2 aliphatic rings. The molecule has 166 valence electrons. The van der Waals surface area contributed by atoms with Crippen LogP contribution in [0, 0.1) is 0 Å². The molecule has 1 aromatic heterocycles. The van der Waals surface area contributed by atoms with Crippen LogP contribution in [0.5, 0.6) is 5.75 Å². The molecule has 8 nitrogen and oxygen atoms in total. The summed E-state index contributed by atoms with van der Waals surface area (Å²) in [5.74, 6) is 0.340. The number of benzene rings is 1. The van der Waals surface area contributed by atoms with Crippen LogP contribution in [0.4, 0.5) is 0 Å². The molecule has 4 bridgehead atoms. The number of nitrogens with one attached hydrogen (secondary N) is 1. The SMILES string of the molecule is CC(C)=CCN1C[C@@H]2NC(=O)c3ccc(Cl)c(c3)OCCCn3cc(nn3)CO[C@H]2C1. The van der Waals surface area contributed by atoms with Gasteiger partial charge in [-0.2, -0.15) is 0 Å². The zero-order valence-electron chi connectivity index (χ0n) is 17.9. The number of aryl methyl sites for hydroxylation is 1. The molecule has 1 saturated heterocycles. The van der Waals surface area contributed by atoms with Gasteiger partial charge in [0.1, 0.15) is 11.4 Å². The van der Waals surface area contributed by atoms with Crippen LogP contribution in [0.15, 0.2) is 36.0 Å². The molecular weight excluding hydrogens is 418 g/mol. The normalized spacial score (nSPS) is 22.4. The van der Waals surface area contributed by atoms with Gasteiger partial charge in [0.25, 0.3) is 5.91 Å². The highest BCUT2D eigenvalue weighted by atomic mass is 35.5. The average Bonchev–Trinajstić information content (AvgIpc) is 3.35. The van der Waals surface area contributed by atoms with Gasteiger partial charge in [-0.15, -0.1) is 5.10 Å². The van der Waals surface area contributed by atoms with Crippen molar-refractivity contribution in [3.8, 4) is 5.75 Å². The van der Waals surface area contributed by atoms with E-state index in [0.29, 0.717) is 42.6 Å². The minimum absolute atomic E-state index is 0.138. The Morgan fingerprint density at radius 2 is 2.23 bits per heavy atom. The molecule has 1 aromatic carbocycles. The maximum Gasteiger partial charge on any atom is 0.251 e. The Morgan fingerprint density at radius 1 is 1.35 bits per heavy atom. The van der Waals surface area contributed by atoms with Crippen molar-refractivity contribution in [2.75, 3.05) is 26.2 Å². The van der Waals surface area contributed by atoms with Crippen LogP contribution in [0.1, 0.15) is 36.3 Å². The third-order valence-corrected chi connectivity index (χ3v) is 5.74. The van der Waals surface area contributed by atoms with Crippen molar-refractivity contribution in [3.63, 3.8) is 0 Å². The quantitative estimate of drug-likeness (QED) is 0.716. The number of rotatable bonds is 2. The Kier molecular flexibility index (Phi) is 6.89. The summed E-state index contributed by atoms with van der Waals surface area (Å²) >= 11 is 6.27. The van der Waals surface area contributed by atoms with E-state index < -0.39 is 0 Å². The lowest BCUT2D eigenvalue weighted by molar-refractivity contribution is 0.0301. The molecule has 1 N–H and O–H groups in total.